The van der Waals surface area contributed by atoms with Gasteiger partial charge in [-0.3, -0.25) is 9.59 Å². The zero-order chi connectivity index (χ0) is 51.6. The monoisotopic (exact) mass is 1020 g/mol. The van der Waals surface area contributed by atoms with Crippen molar-refractivity contribution in [3.05, 3.63) is 0 Å². The zero-order valence-corrected chi connectivity index (χ0v) is 39.1. The Labute approximate surface area is 402 Å². The van der Waals surface area contributed by atoms with Gasteiger partial charge in [0.2, 0.25) is 11.8 Å². The molecule has 0 spiro atoms. The van der Waals surface area contributed by atoms with Crippen LogP contribution in [0.3, 0.4) is 0 Å². The van der Waals surface area contributed by atoms with Crippen molar-refractivity contribution in [1.29, 1.82) is 0 Å². The summed E-state index contributed by atoms with van der Waals surface area (Å²) in [5.41, 5.74) is 0. The average Bonchev–Trinajstić information content (AvgIpc) is 3.33. The quantitative estimate of drug-likeness (QED) is 0.0423. The summed E-state index contributed by atoms with van der Waals surface area (Å²) in [4.78, 5) is 24.3. The predicted octanol–water partition coefficient (Wildman–Crippen LogP) is -8.25. The summed E-state index contributed by atoms with van der Waals surface area (Å²) < 4.78 is 58.9. The largest absolute Gasteiger partial charge is 0.394 e. The first kappa shape index (κ1) is 58.9. The van der Waals surface area contributed by atoms with Crippen LogP contribution in [0, 0.1) is 0 Å². The lowest BCUT2D eigenvalue weighted by atomic mass is 9.95. The van der Waals surface area contributed by atoms with Gasteiger partial charge in [-0.1, -0.05) is 39.0 Å². The Bertz CT molecular complexity index is 1580. The molecule has 0 aliphatic carbocycles. The number of rotatable bonds is 23. The first-order valence-corrected chi connectivity index (χ1v) is 23.6. The van der Waals surface area contributed by atoms with Crippen molar-refractivity contribution in [2.75, 3.05) is 39.6 Å². The van der Waals surface area contributed by atoms with Crippen LogP contribution in [0.5, 0.6) is 0 Å². The highest BCUT2D eigenvalue weighted by molar-refractivity contribution is 5.73. The van der Waals surface area contributed by atoms with Crippen molar-refractivity contribution < 1.29 is 128 Å². The molecule has 0 radical (unpaired) electrons. The van der Waals surface area contributed by atoms with Crippen LogP contribution in [0.2, 0.25) is 0 Å². The summed E-state index contributed by atoms with van der Waals surface area (Å²) in [7, 11) is 0. The van der Waals surface area contributed by atoms with Gasteiger partial charge in [-0.05, 0) is 6.42 Å². The highest BCUT2D eigenvalue weighted by Gasteiger charge is 2.56. The second kappa shape index (κ2) is 27.5. The van der Waals surface area contributed by atoms with Gasteiger partial charge in [0.05, 0.1) is 33.0 Å². The molecule has 5 aliphatic heterocycles. The van der Waals surface area contributed by atoms with E-state index in [1.807, 2.05) is 0 Å². The van der Waals surface area contributed by atoms with Gasteiger partial charge in [0.25, 0.3) is 0 Å². The van der Waals surface area contributed by atoms with E-state index in [4.69, 9.17) is 47.4 Å². The maximum Gasteiger partial charge on any atom is 0.217 e. The smallest absolute Gasteiger partial charge is 0.217 e. The van der Waals surface area contributed by atoms with Crippen molar-refractivity contribution in [2.45, 2.75) is 213 Å². The van der Waals surface area contributed by atoms with Crippen LogP contribution < -0.4 is 10.6 Å². The lowest BCUT2D eigenvalue weighted by Crippen LogP contribution is -2.69. The first-order chi connectivity index (χ1) is 33.3. The Morgan fingerprint density at radius 2 is 0.800 bits per heavy atom. The molecule has 5 rings (SSSR count). The Hall–Kier alpha value is -2.02. The molecule has 0 aromatic rings. The van der Waals surface area contributed by atoms with Crippen LogP contribution in [0.4, 0.5) is 0 Å². The van der Waals surface area contributed by atoms with Gasteiger partial charge in [-0.2, -0.15) is 0 Å². The van der Waals surface area contributed by atoms with Crippen LogP contribution in [0.15, 0.2) is 0 Å². The van der Waals surface area contributed by atoms with Crippen LogP contribution in [0.25, 0.3) is 0 Å². The molecule has 5 aliphatic rings. The highest BCUT2D eigenvalue weighted by atomic mass is 16.8. The number of hydrogen-bond acceptors (Lipinski definition) is 26. The Balaban J connectivity index is 1.43. The molecular formula is C42H74N2O26. The molecule has 5 saturated heterocycles. The molecular weight excluding hydrogens is 948 g/mol. The summed E-state index contributed by atoms with van der Waals surface area (Å²) in [6.07, 6.45) is -35.7. The summed E-state index contributed by atoms with van der Waals surface area (Å²) in [5, 5.41) is 156. The molecule has 70 heavy (non-hydrogen) atoms. The van der Waals surface area contributed by atoms with Gasteiger partial charge >= 0.3 is 0 Å². The Morgan fingerprint density at radius 3 is 1.26 bits per heavy atom. The van der Waals surface area contributed by atoms with Crippen molar-refractivity contribution >= 4 is 11.8 Å². The summed E-state index contributed by atoms with van der Waals surface area (Å²) in [5.74, 6) is -1.43. The molecule has 16 N–H and O–H groups in total. The minimum absolute atomic E-state index is 0.0211. The fourth-order valence-electron chi connectivity index (χ4n) is 8.89. The lowest BCUT2D eigenvalue weighted by molar-refractivity contribution is -0.387. The van der Waals surface area contributed by atoms with Crippen molar-refractivity contribution in [1.82, 2.24) is 10.6 Å². The number of unbranched alkanes of at least 4 members (excludes halogenated alkanes) is 5. The molecule has 0 saturated carbocycles. The minimum Gasteiger partial charge on any atom is -0.394 e. The third-order valence-corrected chi connectivity index (χ3v) is 12.9. The van der Waals surface area contributed by atoms with E-state index >= 15 is 0 Å². The molecule has 0 bridgehead atoms. The minimum atomic E-state index is -2.03. The van der Waals surface area contributed by atoms with E-state index in [1.165, 1.54) is 0 Å². The van der Waals surface area contributed by atoms with E-state index < -0.39 is 198 Å². The molecule has 25 atom stereocenters. The van der Waals surface area contributed by atoms with E-state index in [-0.39, 0.29) is 6.61 Å². The van der Waals surface area contributed by atoms with E-state index in [0.717, 1.165) is 46.0 Å². The van der Waals surface area contributed by atoms with Crippen LogP contribution >= 0.6 is 0 Å². The number of nitrogens with one attached hydrogen (secondary N) is 2. The van der Waals surface area contributed by atoms with Gasteiger partial charge in [0.1, 0.15) is 122 Å². The number of hydrogen-bond donors (Lipinski definition) is 16. The van der Waals surface area contributed by atoms with Crippen molar-refractivity contribution in [3.63, 3.8) is 0 Å². The highest BCUT2D eigenvalue weighted by Crippen LogP contribution is 2.35. The number of ether oxygens (including phenoxy) is 10. The van der Waals surface area contributed by atoms with E-state index in [2.05, 4.69) is 17.6 Å². The molecule has 0 unspecified atom stereocenters. The van der Waals surface area contributed by atoms with Crippen LogP contribution in [-0.4, -0.2) is 276 Å². The van der Waals surface area contributed by atoms with E-state index in [9.17, 15) is 81.1 Å². The van der Waals surface area contributed by atoms with Gasteiger partial charge < -0.3 is 129 Å². The van der Waals surface area contributed by atoms with Gasteiger partial charge in [0.15, 0.2) is 31.5 Å². The van der Waals surface area contributed by atoms with E-state index in [0.29, 0.717) is 6.42 Å². The Kier molecular flexibility index (Phi) is 23.1. The summed E-state index contributed by atoms with van der Waals surface area (Å²) >= 11 is 0. The number of amides is 2. The second-order valence-corrected chi connectivity index (χ2v) is 18.1. The number of aliphatic hydroxyl groups excluding tert-OH is 14. The molecule has 5 heterocycles. The lowest BCUT2D eigenvalue weighted by Gasteiger charge is -2.49. The standard InChI is InChI=1S/C42H74N2O26/c1-4-5-6-7-8-9-10-61-40-34(60)35(68-42-37(33(59)28(54)21(14-48)66-42)70-39-24(44-17(3)50)31(57)26(52)19(12-46)64-39)29(55)22(67-40)15-62-41-36(32(58)27(53)20(13-47)65-41)69-38-23(43-16(2)49)30(56)25(51)18(11-45)63-38/h18-42,45-48,51-60H,4-15H2,1-3H3,(H,43,49)(H,44,50)/t18-,19-,20-,21-,22-,23-,24-,25-,26-,27-,28-,29-,30-,31-,32+,33+,34+,35+,36+,37+,38+,39+,40-,41+,42-/m1/s1. The second-order valence-electron chi connectivity index (χ2n) is 18.1. The maximum atomic E-state index is 12.2. The SMILES string of the molecule is CCCCCCCCO[C@@H]1O[C@H](CO[C@H]2O[C@H](CO)[C@@H](O)[C@H](O)[C@@H]2O[C@@H]2O[C@H](CO)[C@@H](O)[C@H](O)[C@H]2NC(C)=O)[C@@H](O)[C@H](O[C@H]2O[C@H](CO)[C@@H](O)[C@H](O)[C@@H]2O[C@@H]2O[C@H](CO)[C@@H](O)[C@H](O)[C@H]2NC(C)=O)[C@@H]1O. The summed E-state index contributed by atoms with van der Waals surface area (Å²) in [6, 6.07) is -3.10. The van der Waals surface area contributed by atoms with Gasteiger partial charge in [0, 0.05) is 20.5 Å². The predicted molar refractivity (Wildman–Crippen MR) is 227 cm³/mol. The number of carbonyl (C=O) groups is 2. The third-order valence-electron chi connectivity index (χ3n) is 12.9. The number of aliphatic hydroxyl groups is 14. The summed E-state index contributed by atoms with van der Waals surface area (Å²) in [6.45, 7) is 0.0308. The Morgan fingerprint density at radius 1 is 0.414 bits per heavy atom. The van der Waals surface area contributed by atoms with Crippen LogP contribution in [0.1, 0.15) is 59.3 Å². The molecule has 5 fully saturated rings. The van der Waals surface area contributed by atoms with Gasteiger partial charge in [-0.15, -0.1) is 0 Å². The molecule has 408 valence electrons. The number of carbonyl (C=O) groups excluding carboxylic acids is 2. The van der Waals surface area contributed by atoms with E-state index in [1.54, 1.807) is 0 Å². The molecule has 0 aromatic heterocycles. The topological polar surface area (TPSA) is 434 Å². The normalized spacial score (nSPS) is 44.7. The molecule has 0 aromatic carbocycles. The van der Waals surface area contributed by atoms with Crippen molar-refractivity contribution in [3.8, 4) is 0 Å². The molecule has 2 amide bonds. The fraction of sp³-hybridized carbons (Fsp3) is 0.952. The average molecular weight is 1020 g/mol. The third kappa shape index (κ3) is 14.2. The molecule has 28 nitrogen and oxygen atoms in total. The zero-order valence-electron chi connectivity index (χ0n) is 39.1. The van der Waals surface area contributed by atoms with Crippen LogP contribution in [-0.2, 0) is 57.0 Å². The molecule has 28 heteroatoms. The van der Waals surface area contributed by atoms with Gasteiger partial charge in [-0.25, -0.2) is 0 Å². The first-order valence-electron chi connectivity index (χ1n) is 23.6. The maximum absolute atomic E-state index is 12.2. The van der Waals surface area contributed by atoms with Crippen molar-refractivity contribution in [2.24, 2.45) is 0 Å². The fourth-order valence-corrected chi connectivity index (χ4v) is 8.89.